The summed E-state index contributed by atoms with van der Waals surface area (Å²) >= 11 is 0. The van der Waals surface area contributed by atoms with Gasteiger partial charge in [0.15, 0.2) is 6.61 Å². The molecule has 0 rings (SSSR count). The number of hydrogen-bond acceptors (Lipinski definition) is 4. The summed E-state index contributed by atoms with van der Waals surface area (Å²) < 4.78 is 4.15. The molecule has 0 fully saturated rings. The maximum atomic E-state index is 10.5. The molecule has 0 aliphatic heterocycles. The molecule has 0 spiro atoms. The van der Waals surface area contributed by atoms with Gasteiger partial charge in [-0.25, -0.2) is 4.79 Å². The van der Waals surface area contributed by atoms with Gasteiger partial charge in [-0.15, -0.1) is 0 Å². The van der Waals surface area contributed by atoms with Crippen LogP contribution in [0.5, 0.6) is 0 Å². The van der Waals surface area contributed by atoms with Crippen molar-refractivity contribution < 1.29 is 29.3 Å². The summed E-state index contributed by atoms with van der Waals surface area (Å²) in [6.07, 6.45) is -0.652. The van der Waals surface area contributed by atoms with Crippen LogP contribution in [0.15, 0.2) is 0 Å². The number of rotatable bonds is 5. The van der Waals surface area contributed by atoms with E-state index < -0.39 is 24.5 Å². The van der Waals surface area contributed by atoms with Crippen LogP contribution < -0.4 is 0 Å². The summed E-state index contributed by atoms with van der Waals surface area (Å²) in [7, 11) is 0. The van der Waals surface area contributed by atoms with Gasteiger partial charge in [-0.05, 0) is 0 Å². The van der Waals surface area contributed by atoms with Crippen LogP contribution >= 0.6 is 0 Å². The molecule has 0 saturated heterocycles. The van der Waals surface area contributed by atoms with Crippen LogP contribution in [0.4, 0.5) is 0 Å². The number of carbonyl (C=O) groups is 3. The van der Waals surface area contributed by atoms with E-state index in [0.29, 0.717) is 0 Å². The van der Waals surface area contributed by atoms with Gasteiger partial charge in [-0.2, -0.15) is 0 Å². The molecule has 0 radical (unpaired) electrons. The molecule has 0 heterocycles. The standard InChI is InChI=1S/C6H8O6.2K.Na.3H/c7-4(8)1-2-6(11)12-3-5(9)10;;;;;;/h1-3H2,(H,7,8)(H,9,10);;;;;;. The molecule has 0 aromatic carbocycles. The van der Waals surface area contributed by atoms with E-state index in [9.17, 15) is 14.4 Å². The van der Waals surface area contributed by atoms with E-state index in [4.69, 9.17) is 10.2 Å². The van der Waals surface area contributed by atoms with E-state index in [-0.39, 0.29) is 145 Å². The van der Waals surface area contributed by atoms with Crippen LogP contribution in [0.1, 0.15) is 12.8 Å². The number of carboxylic acids is 2. The SMILES string of the molecule is O=C(O)CCC(=O)OCC(=O)O.[KH].[KH].[NaH]. The Morgan fingerprint density at radius 2 is 1.40 bits per heavy atom. The Morgan fingerprint density at radius 1 is 0.933 bits per heavy atom. The average molecular weight is 280 g/mol. The molecular weight excluding hydrogens is 269 g/mol. The monoisotopic (exact) mass is 280 g/mol. The quantitative estimate of drug-likeness (QED) is 0.428. The Bertz CT molecular complexity index is 190. The normalized spacial score (nSPS) is 7.20. The van der Waals surface area contributed by atoms with Crippen LogP contribution in [0.3, 0.4) is 0 Å². The number of carbonyl (C=O) groups excluding carboxylic acids is 1. The average Bonchev–Trinajstić information content (AvgIpc) is 1.96. The van der Waals surface area contributed by atoms with Crippen molar-refractivity contribution in [1.82, 2.24) is 0 Å². The van der Waals surface area contributed by atoms with Gasteiger partial charge in [-0.1, -0.05) is 0 Å². The van der Waals surface area contributed by atoms with Gasteiger partial charge >= 0.3 is 150 Å². The first kappa shape index (κ1) is 26.3. The van der Waals surface area contributed by atoms with Crippen molar-refractivity contribution in [2.24, 2.45) is 0 Å². The minimum absolute atomic E-state index is 0. The van der Waals surface area contributed by atoms with Crippen LogP contribution in [-0.2, 0) is 19.1 Å². The molecular formula is C6H11K2NaO6. The van der Waals surface area contributed by atoms with Crippen molar-refractivity contribution in [3.63, 3.8) is 0 Å². The molecule has 6 nitrogen and oxygen atoms in total. The zero-order chi connectivity index (χ0) is 9.56. The first-order chi connectivity index (χ1) is 5.52. The fourth-order valence-corrected chi connectivity index (χ4v) is 0.423. The second-order valence-electron chi connectivity index (χ2n) is 1.95. The third-order valence-electron chi connectivity index (χ3n) is 0.900. The van der Waals surface area contributed by atoms with Crippen LogP contribution in [0, 0.1) is 0 Å². The Balaban J connectivity index is -0.000000202. The maximum absolute atomic E-state index is 10.5. The Hall–Kier alpha value is 2.68. The molecule has 0 aromatic rings. The molecule has 2 N–H and O–H groups in total. The van der Waals surface area contributed by atoms with Crippen molar-refractivity contribution in [2.75, 3.05) is 6.61 Å². The summed E-state index contributed by atoms with van der Waals surface area (Å²) in [5, 5.41) is 16.2. The number of carboxylic acid groups (broad SMARTS) is 2. The van der Waals surface area contributed by atoms with Gasteiger partial charge in [0.05, 0.1) is 12.8 Å². The molecule has 0 atom stereocenters. The number of hydrogen-bond donors (Lipinski definition) is 2. The molecule has 0 aromatic heterocycles. The van der Waals surface area contributed by atoms with Gasteiger partial charge in [-0.3, -0.25) is 9.59 Å². The van der Waals surface area contributed by atoms with Crippen molar-refractivity contribution in [2.45, 2.75) is 12.8 Å². The van der Waals surface area contributed by atoms with E-state index >= 15 is 0 Å². The van der Waals surface area contributed by atoms with E-state index in [1.807, 2.05) is 0 Å². The van der Waals surface area contributed by atoms with Gasteiger partial charge in [0.25, 0.3) is 0 Å². The van der Waals surface area contributed by atoms with Crippen LogP contribution in [0.25, 0.3) is 0 Å². The minimum atomic E-state index is -1.27. The van der Waals surface area contributed by atoms with Crippen LogP contribution in [0.2, 0.25) is 0 Å². The number of ether oxygens (including phenoxy) is 1. The van der Waals surface area contributed by atoms with Crippen molar-refractivity contribution in [1.29, 1.82) is 0 Å². The Morgan fingerprint density at radius 3 is 1.73 bits per heavy atom. The molecule has 15 heavy (non-hydrogen) atoms. The number of aliphatic carboxylic acids is 2. The molecule has 0 unspecified atom stereocenters. The molecule has 74 valence electrons. The van der Waals surface area contributed by atoms with Gasteiger partial charge < -0.3 is 14.9 Å². The predicted octanol–water partition coefficient (Wildman–Crippen LogP) is -2.47. The fourth-order valence-electron chi connectivity index (χ4n) is 0.423. The zero-order valence-electron chi connectivity index (χ0n) is 6.15. The van der Waals surface area contributed by atoms with Crippen molar-refractivity contribution in [3.05, 3.63) is 0 Å². The summed E-state index contributed by atoms with van der Waals surface area (Å²) in [6, 6.07) is 0. The zero-order valence-corrected chi connectivity index (χ0v) is 6.15. The van der Waals surface area contributed by atoms with Gasteiger partial charge in [0, 0.05) is 0 Å². The third-order valence-corrected chi connectivity index (χ3v) is 0.900. The molecule has 0 aliphatic rings. The van der Waals surface area contributed by atoms with Crippen molar-refractivity contribution in [3.8, 4) is 0 Å². The Labute approximate surface area is 194 Å². The topological polar surface area (TPSA) is 101 Å². The van der Waals surface area contributed by atoms with Gasteiger partial charge in [0.2, 0.25) is 0 Å². The second-order valence-corrected chi connectivity index (χ2v) is 1.95. The third kappa shape index (κ3) is 22.4. The number of esters is 1. The molecule has 9 heteroatoms. The summed E-state index contributed by atoms with van der Waals surface area (Å²) in [4.78, 5) is 30.3. The van der Waals surface area contributed by atoms with E-state index in [1.165, 1.54) is 0 Å². The van der Waals surface area contributed by atoms with E-state index in [2.05, 4.69) is 4.74 Å². The first-order valence-electron chi connectivity index (χ1n) is 3.11. The van der Waals surface area contributed by atoms with Gasteiger partial charge in [0.1, 0.15) is 0 Å². The molecule has 0 saturated carbocycles. The Kier molecular flexibility index (Phi) is 29.2. The van der Waals surface area contributed by atoms with Crippen molar-refractivity contribution >= 4 is 150 Å². The molecule has 0 aliphatic carbocycles. The van der Waals surface area contributed by atoms with E-state index in [1.54, 1.807) is 0 Å². The fraction of sp³-hybridized carbons (Fsp3) is 0.500. The second kappa shape index (κ2) is 16.7. The first-order valence-corrected chi connectivity index (χ1v) is 3.11. The summed E-state index contributed by atoms with van der Waals surface area (Å²) in [5.74, 6) is -3.21. The summed E-state index contributed by atoms with van der Waals surface area (Å²) in [6.45, 7) is -0.724. The summed E-state index contributed by atoms with van der Waals surface area (Å²) in [5.41, 5.74) is 0. The molecule has 0 bridgehead atoms. The molecule has 0 amide bonds. The predicted molar refractivity (Wildman–Crippen MR) is 56.9 cm³/mol. The van der Waals surface area contributed by atoms with E-state index in [0.717, 1.165) is 0 Å². The van der Waals surface area contributed by atoms with Crippen LogP contribution in [-0.4, -0.2) is 167 Å².